The third kappa shape index (κ3) is 1.96. The second-order valence-electron chi connectivity index (χ2n) is 4.98. The maximum Gasteiger partial charge on any atom is 0.194 e. The molecule has 0 atom stereocenters. The average molecular weight is 288 g/mol. The van der Waals surface area contributed by atoms with Crippen LogP contribution in [0, 0.1) is 0 Å². The van der Waals surface area contributed by atoms with Crippen LogP contribution in [0.2, 0.25) is 0 Å². The zero-order chi connectivity index (χ0) is 14.2. The van der Waals surface area contributed by atoms with Crippen LogP contribution in [0.5, 0.6) is 0 Å². The third-order valence-corrected chi connectivity index (χ3v) is 4.90. The lowest BCUT2D eigenvalue weighted by atomic mass is 10.0. The predicted octanol–water partition coefficient (Wildman–Crippen LogP) is 5.29. The van der Waals surface area contributed by atoms with E-state index in [-0.39, 0.29) is 5.78 Å². The van der Waals surface area contributed by atoms with Crippen LogP contribution in [0.15, 0.2) is 72.8 Å². The molecule has 0 saturated carbocycles. The first-order valence-electron chi connectivity index (χ1n) is 6.84. The highest BCUT2D eigenvalue weighted by Gasteiger charge is 2.15. The van der Waals surface area contributed by atoms with Gasteiger partial charge in [0.15, 0.2) is 5.78 Å². The van der Waals surface area contributed by atoms with Gasteiger partial charge in [0.2, 0.25) is 0 Å². The number of hydrogen-bond donors (Lipinski definition) is 0. The third-order valence-electron chi connectivity index (χ3n) is 3.68. The average Bonchev–Trinajstić information content (AvgIpc) is 2.94. The molecule has 0 saturated heterocycles. The largest absolute Gasteiger partial charge is 0.289 e. The first-order valence-corrected chi connectivity index (χ1v) is 7.66. The van der Waals surface area contributed by atoms with Gasteiger partial charge in [-0.25, -0.2) is 0 Å². The van der Waals surface area contributed by atoms with Crippen molar-refractivity contribution in [2.45, 2.75) is 0 Å². The summed E-state index contributed by atoms with van der Waals surface area (Å²) in [7, 11) is 0. The summed E-state index contributed by atoms with van der Waals surface area (Å²) in [5, 5.41) is 2.39. The molecule has 1 aromatic heterocycles. The van der Waals surface area contributed by atoms with E-state index >= 15 is 0 Å². The molecule has 0 amide bonds. The summed E-state index contributed by atoms with van der Waals surface area (Å²) in [4.78, 5) is 12.7. The SMILES string of the molecule is O=C(c1ccccc1)c1cccc2c1sc1ccccc12. The zero-order valence-corrected chi connectivity index (χ0v) is 12.1. The molecule has 0 spiro atoms. The van der Waals surface area contributed by atoms with Gasteiger partial charge in [0, 0.05) is 31.3 Å². The predicted molar refractivity (Wildman–Crippen MR) is 89.2 cm³/mol. The van der Waals surface area contributed by atoms with E-state index < -0.39 is 0 Å². The Morgan fingerprint density at radius 2 is 1.43 bits per heavy atom. The van der Waals surface area contributed by atoms with Crippen LogP contribution in [0.1, 0.15) is 15.9 Å². The Hall–Kier alpha value is -2.45. The number of benzene rings is 3. The van der Waals surface area contributed by atoms with Crippen LogP contribution in [-0.2, 0) is 0 Å². The molecule has 0 unspecified atom stereocenters. The first-order chi connectivity index (χ1) is 10.3. The van der Waals surface area contributed by atoms with Gasteiger partial charge in [-0.15, -0.1) is 11.3 Å². The molecule has 21 heavy (non-hydrogen) atoms. The molecule has 4 rings (SSSR count). The van der Waals surface area contributed by atoms with Crippen molar-refractivity contribution in [3.63, 3.8) is 0 Å². The van der Waals surface area contributed by atoms with E-state index in [9.17, 15) is 4.79 Å². The van der Waals surface area contributed by atoms with E-state index in [1.54, 1.807) is 11.3 Å². The Balaban J connectivity index is 1.99. The Labute approximate surface area is 126 Å². The molecule has 2 heteroatoms. The summed E-state index contributed by atoms with van der Waals surface area (Å²) in [5.41, 5.74) is 1.53. The van der Waals surface area contributed by atoms with E-state index in [4.69, 9.17) is 0 Å². The summed E-state index contributed by atoms with van der Waals surface area (Å²) in [6.07, 6.45) is 0. The molecular formula is C19H12OS. The molecule has 0 N–H and O–H groups in total. The lowest BCUT2D eigenvalue weighted by Gasteiger charge is -2.02. The Kier molecular flexibility index (Phi) is 2.83. The molecular weight excluding hydrogens is 276 g/mol. The van der Waals surface area contributed by atoms with Crippen LogP contribution in [0.4, 0.5) is 0 Å². The van der Waals surface area contributed by atoms with Crippen molar-refractivity contribution in [1.82, 2.24) is 0 Å². The van der Waals surface area contributed by atoms with Gasteiger partial charge >= 0.3 is 0 Å². The van der Waals surface area contributed by atoms with Gasteiger partial charge in [0.05, 0.1) is 0 Å². The van der Waals surface area contributed by atoms with Crippen LogP contribution in [-0.4, -0.2) is 5.78 Å². The van der Waals surface area contributed by atoms with Crippen LogP contribution >= 0.6 is 11.3 Å². The number of fused-ring (bicyclic) bond motifs is 3. The van der Waals surface area contributed by atoms with Crippen LogP contribution < -0.4 is 0 Å². The van der Waals surface area contributed by atoms with Gasteiger partial charge in [0.1, 0.15) is 0 Å². The fraction of sp³-hybridized carbons (Fsp3) is 0. The first kappa shape index (κ1) is 12.3. The van der Waals surface area contributed by atoms with E-state index in [2.05, 4.69) is 18.2 Å². The molecule has 3 aromatic carbocycles. The number of ketones is 1. The minimum atomic E-state index is 0.0905. The van der Waals surface area contributed by atoms with E-state index in [0.717, 1.165) is 21.2 Å². The number of rotatable bonds is 2. The smallest absolute Gasteiger partial charge is 0.194 e. The van der Waals surface area contributed by atoms with Gasteiger partial charge in [0.25, 0.3) is 0 Å². The van der Waals surface area contributed by atoms with Crippen molar-refractivity contribution in [3.05, 3.63) is 83.9 Å². The Bertz CT molecular complexity index is 951. The number of carbonyl (C=O) groups excluding carboxylic acids is 1. The van der Waals surface area contributed by atoms with Gasteiger partial charge < -0.3 is 0 Å². The second-order valence-corrected chi connectivity index (χ2v) is 6.03. The topological polar surface area (TPSA) is 17.1 Å². The highest BCUT2D eigenvalue weighted by molar-refractivity contribution is 7.26. The van der Waals surface area contributed by atoms with Gasteiger partial charge in [-0.3, -0.25) is 4.79 Å². The quantitative estimate of drug-likeness (QED) is 0.458. The standard InChI is InChI=1S/C19H12OS/c20-18(13-7-2-1-3-8-13)16-11-6-10-15-14-9-4-5-12-17(14)21-19(15)16/h1-12H. The van der Waals surface area contributed by atoms with Crippen LogP contribution in [0.25, 0.3) is 20.2 Å². The molecule has 4 aromatic rings. The van der Waals surface area contributed by atoms with Gasteiger partial charge in [-0.2, -0.15) is 0 Å². The maximum absolute atomic E-state index is 12.7. The second kappa shape index (κ2) is 4.83. The van der Waals surface area contributed by atoms with Crippen molar-refractivity contribution in [1.29, 1.82) is 0 Å². The van der Waals surface area contributed by atoms with Crippen molar-refractivity contribution in [3.8, 4) is 0 Å². The molecule has 0 aliphatic carbocycles. The van der Waals surface area contributed by atoms with Crippen molar-refractivity contribution >= 4 is 37.3 Å². The maximum atomic E-state index is 12.7. The highest BCUT2D eigenvalue weighted by atomic mass is 32.1. The molecule has 1 heterocycles. The Morgan fingerprint density at radius 3 is 2.29 bits per heavy atom. The molecule has 1 nitrogen and oxygen atoms in total. The Morgan fingerprint density at radius 1 is 0.714 bits per heavy atom. The van der Waals surface area contributed by atoms with Gasteiger partial charge in [-0.1, -0.05) is 60.7 Å². The summed E-state index contributed by atoms with van der Waals surface area (Å²) >= 11 is 1.69. The fourth-order valence-electron chi connectivity index (χ4n) is 2.67. The number of carbonyl (C=O) groups is 1. The number of hydrogen-bond acceptors (Lipinski definition) is 2. The molecule has 0 radical (unpaired) electrons. The molecule has 0 aliphatic rings. The van der Waals surface area contributed by atoms with E-state index in [0.29, 0.717) is 0 Å². The zero-order valence-electron chi connectivity index (χ0n) is 11.2. The van der Waals surface area contributed by atoms with Crippen LogP contribution in [0.3, 0.4) is 0 Å². The monoisotopic (exact) mass is 288 g/mol. The molecule has 0 bridgehead atoms. The molecule has 0 aliphatic heterocycles. The van der Waals surface area contributed by atoms with Crippen molar-refractivity contribution in [2.24, 2.45) is 0 Å². The summed E-state index contributed by atoms with van der Waals surface area (Å²) in [5.74, 6) is 0.0905. The minimum Gasteiger partial charge on any atom is -0.289 e. The van der Waals surface area contributed by atoms with E-state index in [1.807, 2.05) is 54.6 Å². The van der Waals surface area contributed by atoms with E-state index in [1.165, 1.54) is 10.1 Å². The summed E-state index contributed by atoms with van der Waals surface area (Å²) in [6.45, 7) is 0. The lowest BCUT2D eigenvalue weighted by Crippen LogP contribution is -2.00. The highest BCUT2D eigenvalue weighted by Crippen LogP contribution is 2.36. The molecule has 0 fully saturated rings. The van der Waals surface area contributed by atoms with Gasteiger partial charge in [-0.05, 0) is 12.1 Å². The van der Waals surface area contributed by atoms with Crippen molar-refractivity contribution in [2.75, 3.05) is 0 Å². The molecule has 100 valence electrons. The number of thiophene rings is 1. The normalized spacial score (nSPS) is 11.0. The van der Waals surface area contributed by atoms with Crippen molar-refractivity contribution < 1.29 is 4.79 Å². The minimum absolute atomic E-state index is 0.0905. The summed E-state index contributed by atoms with van der Waals surface area (Å²) < 4.78 is 2.30. The lowest BCUT2D eigenvalue weighted by molar-refractivity contribution is 0.104. The summed E-state index contributed by atoms with van der Waals surface area (Å²) in [6, 6.07) is 23.8. The fourth-order valence-corrected chi connectivity index (χ4v) is 3.88.